The van der Waals surface area contributed by atoms with Crippen LogP contribution in [0.4, 0.5) is 0 Å². The number of nitrogens with zero attached hydrogens (tertiary/aromatic N) is 4. The normalized spacial score (nSPS) is 11.9. The first-order chi connectivity index (χ1) is 16.7. The van der Waals surface area contributed by atoms with E-state index in [0.29, 0.717) is 37.0 Å². The maximum atomic E-state index is 12.0. The van der Waals surface area contributed by atoms with E-state index in [0.717, 1.165) is 25.8 Å². The van der Waals surface area contributed by atoms with Gasteiger partial charge in [0, 0.05) is 24.3 Å². The molecule has 0 aliphatic carbocycles. The topological polar surface area (TPSA) is 132 Å². The number of quaternary nitrogens is 1. The van der Waals surface area contributed by atoms with E-state index in [1.54, 1.807) is 0 Å². The SMILES string of the molecule is C[N+](C)(CCCS(=O)(=O)O)CCNC(=O)CCCCCCCCCCCCCCCCCN=[N+]=[N-]. The summed E-state index contributed by atoms with van der Waals surface area (Å²) in [5, 5.41) is 6.52. The van der Waals surface area contributed by atoms with E-state index in [-0.39, 0.29) is 11.7 Å². The van der Waals surface area contributed by atoms with Gasteiger partial charge >= 0.3 is 0 Å². The number of hydrogen-bond donors (Lipinski definition) is 2. The van der Waals surface area contributed by atoms with Crippen molar-refractivity contribution in [2.75, 3.05) is 46.0 Å². The molecule has 206 valence electrons. The Labute approximate surface area is 214 Å². The molecule has 0 aliphatic heterocycles. The number of carbonyl (C=O) groups is 1. The zero-order valence-electron chi connectivity index (χ0n) is 22.4. The summed E-state index contributed by atoms with van der Waals surface area (Å²) in [6.07, 6.45) is 19.5. The molecule has 35 heavy (non-hydrogen) atoms. The quantitative estimate of drug-likeness (QED) is 0.0382. The lowest BCUT2D eigenvalue weighted by Gasteiger charge is -2.29. The maximum absolute atomic E-state index is 12.0. The van der Waals surface area contributed by atoms with Crippen molar-refractivity contribution in [2.45, 2.75) is 109 Å². The predicted octanol–water partition coefficient (Wildman–Crippen LogP) is 6.01. The van der Waals surface area contributed by atoms with Crippen LogP contribution in [0.5, 0.6) is 0 Å². The lowest BCUT2D eigenvalue weighted by Crippen LogP contribution is -2.46. The minimum Gasteiger partial charge on any atom is -0.350 e. The molecule has 0 aromatic carbocycles. The lowest BCUT2D eigenvalue weighted by atomic mass is 10.0. The molecule has 0 unspecified atom stereocenters. The summed E-state index contributed by atoms with van der Waals surface area (Å²) < 4.78 is 31.0. The highest BCUT2D eigenvalue weighted by Crippen LogP contribution is 2.13. The van der Waals surface area contributed by atoms with E-state index >= 15 is 0 Å². The third-order valence-electron chi connectivity index (χ3n) is 6.43. The molecule has 10 heteroatoms. The zero-order chi connectivity index (χ0) is 26.3. The Morgan fingerprint density at radius 1 is 0.800 bits per heavy atom. The maximum Gasteiger partial charge on any atom is 0.265 e. The molecule has 0 aromatic heterocycles. The van der Waals surface area contributed by atoms with Gasteiger partial charge in [0.1, 0.15) is 0 Å². The van der Waals surface area contributed by atoms with Crippen molar-refractivity contribution in [3.8, 4) is 0 Å². The van der Waals surface area contributed by atoms with Gasteiger partial charge in [0.15, 0.2) is 0 Å². The Kier molecular flexibility index (Phi) is 21.0. The molecule has 0 rings (SSSR count). The largest absolute Gasteiger partial charge is 0.350 e. The van der Waals surface area contributed by atoms with Crippen molar-refractivity contribution in [3.05, 3.63) is 10.4 Å². The van der Waals surface area contributed by atoms with Crippen LogP contribution in [0, 0.1) is 0 Å². The fourth-order valence-corrected chi connectivity index (χ4v) is 4.68. The Bertz CT molecular complexity index is 679. The van der Waals surface area contributed by atoms with Crippen molar-refractivity contribution in [2.24, 2.45) is 5.11 Å². The number of rotatable bonds is 25. The summed E-state index contributed by atoms with van der Waals surface area (Å²) in [4.78, 5) is 14.8. The highest BCUT2D eigenvalue weighted by molar-refractivity contribution is 7.85. The van der Waals surface area contributed by atoms with Gasteiger partial charge in [0.05, 0.1) is 39.5 Å². The number of hydrogen-bond acceptors (Lipinski definition) is 4. The molecule has 1 amide bonds. The number of amides is 1. The Morgan fingerprint density at radius 3 is 1.71 bits per heavy atom. The second-order valence-corrected chi connectivity index (χ2v) is 12.0. The lowest BCUT2D eigenvalue weighted by molar-refractivity contribution is -0.889. The molecular weight excluding hydrogens is 466 g/mol. The number of unbranched alkanes of at least 4 members (excludes halogenated alkanes) is 14. The summed E-state index contributed by atoms with van der Waals surface area (Å²) in [6, 6.07) is 0. The Balaban J connectivity index is 3.39. The van der Waals surface area contributed by atoms with Crippen LogP contribution in [0.1, 0.15) is 109 Å². The molecule has 9 nitrogen and oxygen atoms in total. The predicted molar refractivity (Wildman–Crippen MR) is 144 cm³/mol. The van der Waals surface area contributed by atoms with Crippen LogP contribution in [0.2, 0.25) is 0 Å². The highest BCUT2D eigenvalue weighted by atomic mass is 32.2. The minimum absolute atomic E-state index is 0.0936. The monoisotopic (exact) mass is 518 g/mol. The van der Waals surface area contributed by atoms with Crippen molar-refractivity contribution in [3.63, 3.8) is 0 Å². The van der Waals surface area contributed by atoms with E-state index < -0.39 is 10.1 Å². The van der Waals surface area contributed by atoms with Crippen LogP contribution >= 0.6 is 0 Å². The van der Waals surface area contributed by atoms with Gasteiger partial charge in [0.2, 0.25) is 5.91 Å². The fraction of sp³-hybridized carbons (Fsp3) is 0.960. The molecule has 0 aliphatic rings. The Hall–Kier alpha value is -1.35. The first-order valence-electron chi connectivity index (χ1n) is 13.7. The van der Waals surface area contributed by atoms with Gasteiger partial charge in [-0.15, -0.1) is 0 Å². The molecule has 0 saturated heterocycles. The molecule has 0 heterocycles. The molecule has 2 N–H and O–H groups in total. The number of likely N-dealkylation sites (N-methyl/N-ethyl adjacent to an activating group) is 1. The van der Waals surface area contributed by atoms with E-state index in [1.165, 1.54) is 77.0 Å². The van der Waals surface area contributed by atoms with Crippen molar-refractivity contribution < 1.29 is 22.2 Å². The third-order valence-corrected chi connectivity index (χ3v) is 7.23. The average molecular weight is 519 g/mol. The van der Waals surface area contributed by atoms with E-state index in [2.05, 4.69) is 15.3 Å². The van der Waals surface area contributed by atoms with Crippen LogP contribution in [0.15, 0.2) is 5.11 Å². The molecule has 0 saturated carbocycles. The van der Waals surface area contributed by atoms with E-state index in [1.807, 2.05) is 14.1 Å². The molecule has 0 spiro atoms. The molecule has 0 atom stereocenters. The van der Waals surface area contributed by atoms with Crippen LogP contribution in [0.25, 0.3) is 10.4 Å². The van der Waals surface area contributed by atoms with Crippen molar-refractivity contribution >= 4 is 16.0 Å². The Morgan fingerprint density at radius 2 is 1.26 bits per heavy atom. The number of azide groups is 1. The first kappa shape index (κ1) is 33.7. The van der Waals surface area contributed by atoms with Crippen LogP contribution in [0.3, 0.4) is 0 Å². The van der Waals surface area contributed by atoms with Crippen molar-refractivity contribution in [1.29, 1.82) is 0 Å². The number of carbonyl (C=O) groups excluding carboxylic acids is 1. The molecule has 0 radical (unpaired) electrons. The van der Waals surface area contributed by atoms with Crippen LogP contribution < -0.4 is 5.32 Å². The summed E-state index contributed by atoms with van der Waals surface area (Å²) in [5.74, 6) is -0.124. The van der Waals surface area contributed by atoms with Gasteiger partial charge < -0.3 is 9.80 Å². The molecule has 0 fully saturated rings. The van der Waals surface area contributed by atoms with Crippen LogP contribution in [-0.4, -0.2) is 69.4 Å². The summed E-state index contributed by atoms with van der Waals surface area (Å²) in [7, 11) is 0.0926. The minimum atomic E-state index is -3.90. The van der Waals surface area contributed by atoms with Gasteiger partial charge in [-0.2, -0.15) is 8.42 Å². The first-order valence-corrected chi connectivity index (χ1v) is 15.3. The van der Waals surface area contributed by atoms with Crippen molar-refractivity contribution in [1.82, 2.24) is 5.32 Å². The van der Waals surface area contributed by atoms with Crippen LogP contribution in [-0.2, 0) is 14.9 Å². The second kappa shape index (κ2) is 21.9. The van der Waals surface area contributed by atoms with Gasteiger partial charge in [-0.25, -0.2) is 0 Å². The molecular formula is C25H52N5O4S+. The molecule has 0 aromatic rings. The fourth-order valence-electron chi connectivity index (χ4n) is 4.18. The van der Waals surface area contributed by atoms with E-state index in [4.69, 9.17) is 10.1 Å². The summed E-state index contributed by atoms with van der Waals surface area (Å²) >= 11 is 0. The third kappa shape index (κ3) is 27.1. The summed E-state index contributed by atoms with van der Waals surface area (Å²) in [5.41, 5.74) is 8.21. The standard InChI is InChI=1S/C25H51N5O4S/c1-30(2,22-18-24-35(32,33)34)23-21-27-25(31)19-16-14-12-10-8-6-4-3-5-7-9-11-13-15-17-20-28-29-26/h3-24H2,1-2H3,(H-,27,31,32,33,34)/p+1. The van der Waals surface area contributed by atoms with E-state index in [9.17, 15) is 13.2 Å². The smallest absolute Gasteiger partial charge is 0.265 e. The number of nitrogens with one attached hydrogen (secondary N) is 1. The highest BCUT2D eigenvalue weighted by Gasteiger charge is 2.16. The van der Waals surface area contributed by atoms with Gasteiger partial charge in [-0.1, -0.05) is 88.6 Å². The van der Waals surface area contributed by atoms with Gasteiger partial charge in [0.25, 0.3) is 10.1 Å². The zero-order valence-corrected chi connectivity index (χ0v) is 23.2. The van der Waals surface area contributed by atoms with Gasteiger partial charge in [-0.3, -0.25) is 9.35 Å². The second-order valence-electron chi connectivity index (χ2n) is 10.4. The molecule has 0 bridgehead atoms. The summed E-state index contributed by atoms with van der Waals surface area (Å²) in [6.45, 7) is 2.59. The average Bonchev–Trinajstić information content (AvgIpc) is 2.77. The van der Waals surface area contributed by atoms with Gasteiger partial charge in [-0.05, 0) is 18.4 Å².